The first-order valence-corrected chi connectivity index (χ1v) is 10.5. The van der Waals surface area contributed by atoms with Gasteiger partial charge in [-0.05, 0) is 36.0 Å². The fourth-order valence-corrected chi connectivity index (χ4v) is 4.95. The van der Waals surface area contributed by atoms with Crippen molar-refractivity contribution in [1.82, 2.24) is 4.98 Å². The smallest absolute Gasteiger partial charge is 0.262 e. The molecule has 0 spiro atoms. The van der Waals surface area contributed by atoms with Crippen molar-refractivity contribution in [3.05, 3.63) is 65.5 Å². The molecule has 0 unspecified atom stereocenters. The van der Waals surface area contributed by atoms with Gasteiger partial charge in [0, 0.05) is 17.0 Å². The fraction of sp³-hybridized carbons (Fsp3) is 0.286. The van der Waals surface area contributed by atoms with Gasteiger partial charge in [-0.3, -0.25) is 9.71 Å². The van der Waals surface area contributed by atoms with Gasteiger partial charge in [0.25, 0.3) is 10.0 Å². The van der Waals surface area contributed by atoms with Crippen LogP contribution in [0.15, 0.2) is 53.7 Å². The highest BCUT2D eigenvalue weighted by molar-refractivity contribution is 7.92. The van der Waals surface area contributed by atoms with Crippen LogP contribution < -0.4 is 4.72 Å². The molecular formula is C21H24N2O2S. The Labute approximate surface area is 155 Å². The molecule has 0 amide bonds. The Morgan fingerprint density at radius 1 is 0.923 bits per heavy atom. The molecule has 0 aliphatic carbocycles. The van der Waals surface area contributed by atoms with E-state index in [2.05, 4.69) is 16.6 Å². The second kappa shape index (κ2) is 7.46. The zero-order valence-corrected chi connectivity index (χ0v) is 16.2. The van der Waals surface area contributed by atoms with Crippen molar-refractivity contribution in [2.75, 3.05) is 4.72 Å². The number of fused-ring (bicyclic) bond motifs is 1. The lowest BCUT2D eigenvalue weighted by molar-refractivity contribution is 0.599. The molecule has 1 N–H and O–H groups in total. The first-order chi connectivity index (χ1) is 12.5. The van der Waals surface area contributed by atoms with Crippen LogP contribution >= 0.6 is 0 Å². The zero-order valence-electron chi connectivity index (χ0n) is 15.4. The molecule has 0 bridgehead atoms. The lowest BCUT2D eigenvalue weighted by atomic mass is 10.0. The van der Waals surface area contributed by atoms with E-state index < -0.39 is 10.0 Å². The third-order valence-electron chi connectivity index (χ3n) is 4.65. The number of nitrogens with zero attached hydrogens (tertiary/aromatic N) is 1. The monoisotopic (exact) mass is 368 g/mol. The lowest BCUT2D eigenvalue weighted by Crippen LogP contribution is -2.18. The number of hydrogen-bond donors (Lipinski definition) is 1. The van der Waals surface area contributed by atoms with Crippen molar-refractivity contribution in [1.29, 1.82) is 0 Å². The van der Waals surface area contributed by atoms with E-state index >= 15 is 0 Å². The van der Waals surface area contributed by atoms with Crippen molar-refractivity contribution in [3.63, 3.8) is 0 Å². The Morgan fingerprint density at radius 3 is 2.19 bits per heavy atom. The quantitative estimate of drug-likeness (QED) is 0.685. The number of sulfonamides is 1. The summed E-state index contributed by atoms with van der Waals surface area (Å²) in [4.78, 5) is 4.59. The van der Waals surface area contributed by atoms with Crippen LogP contribution in [-0.2, 0) is 29.3 Å². The summed E-state index contributed by atoms with van der Waals surface area (Å²) in [6.45, 7) is 6.07. The highest BCUT2D eigenvalue weighted by Crippen LogP contribution is 2.29. The molecule has 0 saturated carbocycles. The Morgan fingerprint density at radius 2 is 1.58 bits per heavy atom. The molecule has 3 rings (SSSR count). The van der Waals surface area contributed by atoms with E-state index in [1.54, 1.807) is 12.4 Å². The molecule has 26 heavy (non-hydrogen) atoms. The highest BCUT2D eigenvalue weighted by Gasteiger charge is 2.23. The van der Waals surface area contributed by atoms with Crippen LogP contribution in [0, 0.1) is 0 Å². The molecule has 0 atom stereocenters. The van der Waals surface area contributed by atoms with Gasteiger partial charge in [0.15, 0.2) is 0 Å². The molecule has 136 valence electrons. The summed E-state index contributed by atoms with van der Waals surface area (Å²) < 4.78 is 29.3. The summed E-state index contributed by atoms with van der Waals surface area (Å²) >= 11 is 0. The molecule has 0 aliphatic rings. The van der Waals surface area contributed by atoms with Gasteiger partial charge in [0.2, 0.25) is 0 Å². The van der Waals surface area contributed by atoms with E-state index in [0.29, 0.717) is 23.4 Å². The van der Waals surface area contributed by atoms with E-state index in [-0.39, 0.29) is 0 Å². The number of pyridine rings is 1. The summed E-state index contributed by atoms with van der Waals surface area (Å²) in [5.74, 6) is 0. The first-order valence-electron chi connectivity index (χ1n) is 9.00. The average molecular weight is 369 g/mol. The number of aromatic nitrogens is 1. The van der Waals surface area contributed by atoms with Gasteiger partial charge in [-0.15, -0.1) is 0 Å². The normalized spacial score (nSPS) is 11.7. The molecule has 4 nitrogen and oxygen atoms in total. The van der Waals surface area contributed by atoms with Crippen LogP contribution in [0.25, 0.3) is 10.8 Å². The third-order valence-corrected chi connectivity index (χ3v) is 6.20. The molecule has 0 saturated heterocycles. The minimum atomic E-state index is -3.71. The Hall–Kier alpha value is -2.40. The Kier molecular flexibility index (Phi) is 5.28. The van der Waals surface area contributed by atoms with Crippen molar-refractivity contribution in [2.45, 2.75) is 44.9 Å². The predicted octanol–water partition coefficient (Wildman–Crippen LogP) is 4.72. The number of anilines is 1. The summed E-state index contributed by atoms with van der Waals surface area (Å²) in [7, 11) is -3.71. The van der Waals surface area contributed by atoms with Gasteiger partial charge in [-0.2, -0.15) is 0 Å². The Bertz CT molecular complexity index is 1010. The second-order valence-corrected chi connectivity index (χ2v) is 7.94. The SMILES string of the molecule is CCc1cc(CC)c(S(=O)(=O)Nc2cncc3ccccc23)c(CC)c1. The predicted molar refractivity (Wildman–Crippen MR) is 107 cm³/mol. The first kappa shape index (κ1) is 18.4. The maximum Gasteiger partial charge on any atom is 0.262 e. The molecule has 0 aliphatic heterocycles. The van der Waals surface area contributed by atoms with E-state index in [1.807, 2.05) is 50.2 Å². The second-order valence-electron chi connectivity index (χ2n) is 6.32. The number of nitrogens with one attached hydrogen (secondary N) is 1. The van der Waals surface area contributed by atoms with Crippen molar-refractivity contribution in [3.8, 4) is 0 Å². The van der Waals surface area contributed by atoms with E-state index in [0.717, 1.165) is 28.3 Å². The minimum absolute atomic E-state index is 0.410. The highest BCUT2D eigenvalue weighted by atomic mass is 32.2. The zero-order chi connectivity index (χ0) is 18.7. The standard InChI is InChI=1S/C21H24N2O2S/c1-4-15-11-16(5-2)21(17(6-3)12-15)26(24,25)23-20-14-22-13-18-9-7-8-10-19(18)20/h7-14,23H,4-6H2,1-3H3. The van der Waals surface area contributed by atoms with Gasteiger partial charge in [0.1, 0.15) is 0 Å². The molecule has 0 fully saturated rings. The number of aryl methyl sites for hydroxylation is 3. The Balaban J connectivity index is 2.14. The van der Waals surface area contributed by atoms with Gasteiger partial charge >= 0.3 is 0 Å². The van der Waals surface area contributed by atoms with Gasteiger partial charge in [-0.25, -0.2) is 8.42 Å². The number of benzene rings is 2. The average Bonchev–Trinajstić information content (AvgIpc) is 2.66. The van der Waals surface area contributed by atoms with Crippen molar-refractivity contribution < 1.29 is 8.42 Å². The topological polar surface area (TPSA) is 59.1 Å². The summed E-state index contributed by atoms with van der Waals surface area (Å²) in [5, 5.41) is 1.74. The number of rotatable bonds is 6. The van der Waals surface area contributed by atoms with E-state index in [1.165, 1.54) is 5.56 Å². The number of hydrogen-bond acceptors (Lipinski definition) is 3. The van der Waals surface area contributed by atoms with Crippen LogP contribution in [0.4, 0.5) is 5.69 Å². The molecule has 3 aromatic rings. The van der Waals surface area contributed by atoms with Crippen LogP contribution in [0.5, 0.6) is 0 Å². The van der Waals surface area contributed by atoms with E-state index in [9.17, 15) is 8.42 Å². The maximum atomic E-state index is 13.3. The molecule has 1 aromatic heterocycles. The van der Waals surface area contributed by atoms with Gasteiger partial charge in [0.05, 0.1) is 16.8 Å². The largest absolute Gasteiger partial charge is 0.277 e. The molecule has 5 heteroatoms. The van der Waals surface area contributed by atoms with Crippen LogP contribution in [0.2, 0.25) is 0 Å². The van der Waals surface area contributed by atoms with Gasteiger partial charge in [-0.1, -0.05) is 57.2 Å². The third kappa shape index (κ3) is 3.44. The fourth-order valence-electron chi connectivity index (χ4n) is 3.29. The summed E-state index contributed by atoms with van der Waals surface area (Å²) in [6, 6.07) is 11.6. The minimum Gasteiger partial charge on any atom is -0.277 e. The molecule has 2 aromatic carbocycles. The van der Waals surface area contributed by atoms with E-state index in [4.69, 9.17) is 0 Å². The van der Waals surface area contributed by atoms with Crippen LogP contribution in [-0.4, -0.2) is 13.4 Å². The van der Waals surface area contributed by atoms with Crippen LogP contribution in [0.1, 0.15) is 37.5 Å². The lowest BCUT2D eigenvalue weighted by Gasteiger charge is -2.17. The van der Waals surface area contributed by atoms with Crippen molar-refractivity contribution >= 4 is 26.5 Å². The molecule has 0 radical (unpaired) electrons. The summed E-state index contributed by atoms with van der Waals surface area (Å²) in [5.41, 5.74) is 3.40. The maximum absolute atomic E-state index is 13.3. The summed E-state index contributed by atoms with van der Waals surface area (Å²) in [6.07, 6.45) is 5.53. The van der Waals surface area contributed by atoms with Crippen LogP contribution in [0.3, 0.4) is 0 Å². The van der Waals surface area contributed by atoms with Crippen molar-refractivity contribution in [2.24, 2.45) is 0 Å². The molecule has 1 heterocycles. The molecular weight excluding hydrogens is 344 g/mol. The van der Waals surface area contributed by atoms with Gasteiger partial charge < -0.3 is 0 Å².